The van der Waals surface area contributed by atoms with Crippen molar-refractivity contribution in [2.75, 3.05) is 25.9 Å². The third kappa shape index (κ3) is 2.73. The highest BCUT2D eigenvalue weighted by Crippen LogP contribution is 2.27. The number of hydrogen-bond donors (Lipinski definition) is 1. The zero-order valence-electron chi connectivity index (χ0n) is 11.7. The second-order valence-corrected chi connectivity index (χ2v) is 8.31. The van der Waals surface area contributed by atoms with Gasteiger partial charge >= 0.3 is 0 Å². The summed E-state index contributed by atoms with van der Waals surface area (Å²) in [5.74, 6) is 0.974. The molecule has 2 aliphatic heterocycles. The fraction of sp³-hybridized carbons (Fsp3) is 1.00. The van der Waals surface area contributed by atoms with Crippen LogP contribution < -0.4 is 5.32 Å². The normalized spacial score (nSPS) is 41.1. The molecule has 1 N–H and O–H groups in total. The van der Waals surface area contributed by atoms with E-state index in [9.17, 15) is 8.42 Å². The Kier molecular flexibility index (Phi) is 4.34. The van der Waals surface area contributed by atoms with Crippen molar-refractivity contribution in [3.63, 3.8) is 0 Å². The number of piperidine rings is 1. The Labute approximate surface area is 111 Å². The van der Waals surface area contributed by atoms with Gasteiger partial charge in [0.1, 0.15) is 0 Å². The first kappa shape index (κ1) is 14.3. The summed E-state index contributed by atoms with van der Waals surface area (Å²) in [5.41, 5.74) is 0. The molecular formula is C13H26N2O2S. The van der Waals surface area contributed by atoms with Crippen LogP contribution in [0.15, 0.2) is 0 Å². The van der Waals surface area contributed by atoms with Gasteiger partial charge in [-0.1, -0.05) is 6.92 Å². The van der Waals surface area contributed by atoms with Crippen LogP contribution in [0.5, 0.6) is 0 Å². The van der Waals surface area contributed by atoms with E-state index in [1.54, 1.807) is 0 Å². The Morgan fingerprint density at radius 2 is 2.00 bits per heavy atom. The molecule has 2 aliphatic rings. The largest absolute Gasteiger partial charge is 0.317 e. The van der Waals surface area contributed by atoms with Crippen LogP contribution in [-0.4, -0.2) is 56.5 Å². The summed E-state index contributed by atoms with van der Waals surface area (Å²) in [4.78, 5) is 2.38. The lowest BCUT2D eigenvalue weighted by Gasteiger charge is -2.43. The number of likely N-dealkylation sites (tertiary alicyclic amines) is 1. The zero-order chi connectivity index (χ0) is 13.3. The van der Waals surface area contributed by atoms with E-state index >= 15 is 0 Å². The first-order valence-electron chi connectivity index (χ1n) is 7.08. The molecule has 0 aromatic heterocycles. The van der Waals surface area contributed by atoms with Gasteiger partial charge in [0.25, 0.3) is 0 Å². The standard InChI is InChI=1S/C13H26N2O2S/c1-10-11(2)15(7-6-13(10)14-3)9-12-5-4-8-18(12,16)17/h10-14H,4-9H2,1-3H3. The average Bonchev–Trinajstić information content (AvgIpc) is 2.65. The van der Waals surface area contributed by atoms with Crippen molar-refractivity contribution in [3.8, 4) is 0 Å². The molecule has 2 rings (SSSR count). The summed E-state index contributed by atoms with van der Waals surface area (Å²) < 4.78 is 23.8. The number of rotatable bonds is 3. The lowest BCUT2D eigenvalue weighted by Crippen LogP contribution is -2.54. The molecule has 0 radical (unpaired) electrons. The van der Waals surface area contributed by atoms with Gasteiger partial charge in [0.2, 0.25) is 0 Å². The SMILES string of the molecule is CNC1CCN(CC2CCCS2(=O)=O)C(C)C1C. The van der Waals surface area contributed by atoms with Gasteiger partial charge in [-0.2, -0.15) is 0 Å². The highest BCUT2D eigenvalue weighted by Gasteiger charge is 2.37. The number of nitrogens with one attached hydrogen (secondary N) is 1. The maximum absolute atomic E-state index is 11.9. The highest BCUT2D eigenvalue weighted by molar-refractivity contribution is 7.92. The van der Waals surface area contributed by atoms with Crippen LogP contribution in [0.1, 0.15) is 33.1 Å². The van der Waals surface area contributed by atoms with Crippen LogP contribution in [-0.2, 0) is 9.84 Å². The van der Waals surface area contributed by atoms with Gasteiger partial charge in [-0.05, 0) is 45.7 Å². The van der Waals surface area contributed by atoms with Gasteiger partial charge in [-0.3, -0.25) is 4.90 Å². The maximum atomic E-state index is 11.9. The molecule has 2 saturated heterocycles. The molecule has 5 heteroatoms. The average molecular weight is 274 g/mol. The molecule has 2 heterocycles. The Bertz CT molecular complexity index is 382. The molecule has 0 aromatic rings. The second kappa shape index (κ2) is 5.47. The molecule has 106 valence electrons. The van der Waals surface area contributed by atoms with Crippen molar-refractivity contribution in [2.24, 2.45) is 5.92 Å². The summed E-state index contributed by atoms with van der Waals surface area (Å²) in [6.07, 6.45) is 2.83. The lowest BCUT2D eigenvalue weighted by molar-refractivity contribution is 0.0875. The van der Waals surface area contributed by atoms with Crippen LogP contribution >= 0.6 is 0 Å². The van der Waals surface area contributed by atoms with E-state index in [4.69, 9.17) is 0 Å². The van der Waals surface area contributed by atoms with Crippen LogP contribution in [0, 0.1) is 5.92 Å². The number of nitrogens with zero attached hydrogens (tertiary/aromatic N) is 1. The van der Waals surface area contributed by atoms with Crippen LogP contribution in [0.25, 0.3) is 0 Å². The van der Waals surface area contributed by atoms with E-state index in [-0.39, 0.29) is 5.25 Å². The molecule has 0 aliphatic carbocycles. The predicted molar refractivity (Wildman–Crippen MR) is 74.5 cm³/mol. The Morgan fingerprint density at radius 3 is 2.56 bits per heavy atom. The van der Waals surface area contributed by atoms with Crippen molar-refractivity contribution in [2.45, 2.75) is 50.4 Å². The van der Waals surface area contributed by atoms with Gasteiger partial charge in [-0.25, -0.2) is 8.42 Å². The molecule has 0 bridgehead atoms. The zero-order valence-corrected chi connectivity index (χ0v) is 12.5. The summed E-state index contributed by atoms with van der Waals surface area (Å²) in [6, 6.07) is 1.03. The number of sulfone groups is 1. The van der Waals surface area contributed by atoms with E-state index in [0.717, 1.165) is 32.4 Å². The summed E-state index contributed by atoms with van der Waals surface area (Å²) >= 11 is 0. The Hall–Kier alpha value is -0.130. The minimum atomic E-state index is -2.80. The molecule has 4 unspecified atom stereocenters. The molecule has 0 amide bonds. The topological polar surface area (TPSA) is 49.4 Å². The first-order chi connectivity index (χ1) is 8.45. The van der Waals surface area contributed by atoms with Gasteiger partial charge in [0.05, 0.1) is 11.0 Å². The fourth-order valence-electron chi connectivity index (χ4n) is 3.43. The highest BCUT2D eigenvalue weighted by atomic mass is 32.2. The van der Waals surface area contributed by atoms with Crippen LogP contribution in [0.3, 0.4) is 0 Å². The molecule has 2 fully saturated rings. The fourth-order valence-corrected chi connectivity index (χ4v) is 5.28. The van der Waals surface area contributed by atoms with E-state index in [2.05, 4.69) is 24.1 Å². The molecule has 4 nitrogen and oxygen atoms in total. The molecular weight excluding hydrogens is 248 g/mol. The molecule has 0 aromatic carbocycles. The second-order valence-electron chi connectivity index (χ2n) is 5.91. The van der Waals surface area contributed by atoms with Gasteiger partial charge in [0.15, 0.2) is 9.84 Å². The van der Waals surface area contributed by atoms with Crippen molar-refractivity contribution in [3.05, 3.63) is 0 Å². The summed E-state index contributed by atoms with van der Waals surface area (Å²) in [5, 5.41) is 3.26. The lowest BCUT2D eigenvalue weighted by atomic mass is 9.87. The maximum Gasteiger partial charge on any atom is 0.154 e. The predicted octanol–water partition coefficient (Wildman–Crippen LogP) is 0.882. The Morgan fingerprint density at radius 1 is 1.28 bits per heavy atom. The van der Waals surface area contributed by atoms with Crippen LogP contribution in [0.2, 0.25) is 0 Å². The quantitative estimate of drug-likeness (QED) is 0.830. The van der Waals surface area contributed by atoms with Crippen molar-refractivity contribution in [1.82, 2.24) is 10.2 Å². The third-order valence-electron chi connectivity index (χ3n) is 4.97. The van der Waals surface area contributed by atoms with Gasteiger partial charge in [-0.15, -0.1) is 0 Å². The molecule has 18 heavy (non-hydrogen) atoms. The van der Waals surface area contributed by atoms with Crippen LogP contribution in [0.4, 0.5) is 0 Å². The van der Waals surface area contributed by atoms with E-state index in [0.29, 0.717) is 23.8 Å². The Balaban J connectivity index is 1.98. The van der Waals surface area contributed by atoms with Gasteiger partial charge < -0.3 is 5.32 Å². The van der Waals surface area contributed by atoms with E-state index in [1.165, 1.54) is 0 Å². The van der Waals surface area contributed by atoms with Crippen molar-refractivity contribution >= 4 is 9.84 Å². The minimum Gasteiger partial charge on any atom is -0.317 e. The van der Waals surface area contributed by atoms with Crippen molar-refractivity contribution < 1.29 is 8.42 Å². The van der Waals surface area contributed by atoms with Gasteiger partial charge in [0, 0.05) is 18.6 Å². The number of hydrogen-bond acceptors (Lipinski definition) is 4. The monoisotopic (exact) mass is 274 g/mol. The molecule has 0 saturated carbocycles. The molecule has 0 spiro atoms. The van der Waals surface area contributed by atoms with E-state index in [1.807, 2.05) is 7.05 Å². The summed E-state index contributed by atoms with van der Waals surface area (Å²) in [7, 11) is -0.785. The van der Waals surface area contributed by atoms with Crippen molar-refractivity contribution in [1.29, 1.82) is 0 Å². The minimum absolute atomic E-state index is 0.113. The smallest absolute Gasteiger partial charge is 0.154 e. The first-order valence-corrected chi connectivity index (χ1v) is 8.80. The van der Waals surface area contributed by atoms with E-state index < -0.39 is 9.84 Å². The third-order valence-corrected chi connectivity index (χ3v) is 7.23. The molecule has 4 atom stereocenters. The summed E-state index contributed by atoms with van der Waals surface area (Å²) in [6.45, 7) is 6.25.